The molecule has 0 spiro atoms. The average molecular weight is 433 g/mol. The molecule has 9 heteroatoms. The highest BCUT2D eigenvalue weighted by atomic mass is 32.1. The summed E-state index contributed by atoms with van der Waals surface area (Å²) in [5.41, 5.74) is 1.74. The Bertz CT molecular complexity index is 959. The molecule has 30 heavy (non-hydrogen) atoms. The highest BCUT2D eigenvalue weighted by molar-refractivity contribution is 7.80. The molecule has 160 valence electrons. The molecule has 2 heterocycles. The monoisotopic (exact) mass is 432 g/mol. The molecule has 0 saturated heterocycles. The van der Waals surface area contributed by atoms with E-state index in [1.54, 1.807) is 25.1 Å². The molecular formula is C21H25FN4O3S. The Morgan fingerprint density at radius 2 is 2.20 bits per heavy atom. The van der Waals surface area contributed by atoms with Gasteiger partial charge in [-0.1, -0.05) is 17.3 Å². The van der Waals surface area contributed by atoms with Crippen LogP contribution in [0.3, 0.4) is 0 Å². The van der Waals surface area contributed by atoms with Crippen LogP contribution in [-0.4, -0.2) is 40.8 Å². The molecule has 0 radical (unpaired) electrons. The summed E-state index contributed by atoms with van der Waals surface area (Å²) in [6.45, 7) is 7.34. The maximum Gasteiger partial charge on any atom is 0.257 e. The topological polar surface area (TPSA) is 79.6 Å². The number of anilines is 1. The summed E-state index contributed by atoms with van der Waals surface area (Å²) in [7, 11) is 0. The minimum absolute atomic E-state index is 0.312. The number of hydrogen-bond acceptors (Lipinski definition) is 5. The number of nitrogens with zero attached hydrogens (tertiary/aromatic N) is 2. The molecule has 1 aromatic heterocycles. The van der Waals surface area contributed by atoms with E-state index in [1.807, 2.05) is 18.7 Å². The van der Waals surface area contributed by atoms with E-state index in [9.17, 15) is 9.18 Å². The number of halogens is 1. The van der Waals surface area contributed by atoms with Gasteiger partial charge in [0.05, 0.1) is 11.6 Å². The first-order chi connectivity index (χ1) is 14.4. The first kappa shape index (κ1) is 21.9. The van der Waals surface area contributed by atoms with E-state index >= 15 is 0 Å². The number of aryl methyl sites for hydroxylation is 1. The lowest BCUT2D eigenvalue weighted by Gasteiger charge is -2.38. The smallest absolute Gasteiger partial charge is 0.257 e. The fraction of sp³-hybridized carbons (Fsp3) is 0.381. The molecule has 2 N–H and O–H groups in total. The Morgan fingerprint density at radius 1 is 1.40 bits per heavy atom. The van der Waals surface area contributed by atoms with Gasteiger partial charge >= 0.3 is 0 Å². The van der Waals surface area contributed by atoms with Crippen LogP contribution >= 0.6 is 12.2 Å². The highest BCUT2D eigenvalue weighted by Crippen LogP contribution is 2.32. The van der Waals surface area contributed by atoms with Gasteiger partial charge in [-0.15, -0.1) is 0 Å². The lowest BCUT2D eigenvalue weighted by Crippen LogP contribution is -2.48. The maximum atomic E-state index is 13.9. The Labute approximate surface area is 180 Å². The van der Waals surface area contributed by atoms with Gasteiger partial charge in [0.2, 0.25) is 0 Å². The van der Waals surface area contributed by atoms with Gasteiger partial charge in [0.1, 0.15) is 11.6 Å². The second-order valence-electron chi connectivity index (χ2n) is 6.92. The number of aromatic nitrogens is 1. The summed E-state index contributed by atoms with van der Waals surface area (Å²) in [4.78, 5) is 15.1. The predicted octanol–water partition coefficient (Wildman–Crippen LogP) is 3.69. The van der Waals surface area contributed by atoms with Crippen LogP contribution in [0.15, 0.2) is 46.1 Å². The highest BCUT2D eigenvalue weighted by Gasteiger charge is 2.34. The van der Waals surface area contributed by atoms with Crippen molar-refractivity contribution in [3.05, 3.63) is 58.7 Å². The third kappa shape index (κ3) is 5.03. The Hall–Kier alpha value is -2.78. The van der Waals surface area contributed by atoms with Gasteiger partial charge < -0.3 is 24.8 Å². The van der Waals surface area contributed by atoms with E-state index in [4.69, 9.17) is 21.5 Å². The van der Waals surface area contributed by atoms with Crippen LogP contribution in [0.5, 0.6) is 0 Å². The van der Waals surface area contributed by atoms with Crippen molar-refractivity contribution in [2.75, 3.05) is 25.1 Å². The second-order valence-corrected chi connectivity index (χ2v) is 7.30. The van der Waals surface area contributed by atoms with Crippen LogP contribution in [-0.2, 0) is 9.53 Å². The van der Waals surface area contributed by atoms with E-state index in [0.717, 1.165) is 6.42 Å². The van der Waals surface area contributed by atoms with Crippen LogP contribution in [0.1, 0.15) is 37.6 Å². The Kier molecular flexibility index (Phi) is 7.17. The van der Waals surface area contributed by atoms with E-state index in [1.165, 1.54) is 12.1 Å². The zero-order valence-electron chi connectivity index (χ0n) is 17.2. The molecule has 1 aliphatic rings. The number of carbonyl (C=O) groups excluding carboxylic acids is 1. The van der Waals surface area contributed by atoms with E-state index in [0.29, 0.717) is 53.3 Å². The fourth-order valence-electron chi connectivity index (χ4n) is 3.36. The maximum absolute atomic E-state index is 13.9. The Balaban J connectivity index is 1.94. The van der Waals surface area contributed by atoms with E-state index < -0.39 is 6.04 Å². The van der Waals surface area contributed by atoms with Crippen molar-refractivity contribution in [2.45, 2.75) is 33.2 Å². The van der Waals surface area contributed by atoms with Crippen LogP contribution in [0.25, 0.3) is 0 Å². The number of benzene rings is 1. The van der Waals surface area contributed by atoms with Gasteiger partial charge in [0, 0.05) is 31.5 Å². The SMILES string of the molecule is CCOCCCN1C(=S)N[C@@H](c2cccc(F)c2)C(C(=O)Nc2cc(C)on2)=C1C. The summed E-state index contributed by atoms with van der Waals surface area (Å²) in [5.74, 6) is 0.147. The van der Waals surface area contributed by atoms with Crippen LogP contribution in [0.2, 0.25) is 0 Å². The molecule has 0 fully saturated rings. The normalized spacial score (nSPS) is 16.6. The molecule has 1 amide bonds. The van der Waals surface area contributed by atoms with Gasteiger partial charge in [-0.2, -0.15) is 0 Å². The van der Waals surface area contributed by atoms with Gasteiger partial charge in [-0.25, -0.2) is 4.39 Å². The van der Waals surface area contributed by atoms with Crippen molar-refractivity contribution >= 4 is 29.1 Å². The van der Waals surface area contributed by atoms with Crippen LogP contribution in [0, 0.1) is 12.7 Å². The molecule has 0 saturated carbocycles. The van der Waals surface area contributed by atoms with Crippen LogP contribution < -0.4 is 10.6 Å². The second kappa shape index (κ2) is 9.82. The molecular weight excluding hydrogens is 407 g/mol. The van der Waals surface area contributed by atoms with Crippen molar-refractivity contribution in [2.24, 2.45) is 0 Å². The largest absolute Gasteiger partial charge is 0.382 e. The molecule has 0 bridgehead atoms. The first-order valence-corrected chi connectivity index (χ1v) is 10.2. The van der Waals surface area contributed by atoms with Crippen molar-refractivity contribution in [3.63, 3.8) is 0 Å². The summed E-state index contributed by atoms with van der Waals surface area (Å²) in [6.07, 6.45) is 0.745. The minimum Gasteiger partial charge on any atom is -0.382 e. The van der Waals surface area contributed by atoms with Crippen molar-refractivity contribution < 1.29 is 18.4 Å². The zero-order chi connectivity index (χ0) is 21.7. The number of rotatable bonds is 8. The molecule has 1 aromatic carbocycles. The molecule has 7 nitrogen and oxygen atoms in total. The summed E-state index contributed by atoms with van der Waals surface area (Å²) >= 11 is 5.55. The standard InChI is InChI=1S/C21H25FN4O3S/c1-4-28-10-6-9-26-14(3)18(20(27)23-17-11-13(2)29-25-17)19(24-21(26)30)15-7-5-8-16(22)12-15/h5,7-8,11-12,19H,4,6,9-10H2,1-3H3,(H,24,30)(H,23,25,27)/t19-/m0/s1. The third-order valence-corrected chi connectivity index (χ3v) is 5.11. The van der Waals surface area contributed by atoms with Gasteiger partial charge in [0.15, 0.2) is 10.9 Å². The molecule has 1 atom stereocenters. The number of amides is 1. The fourth-order valence-corrected chi connectivity index (χ4v) is 3.71. The molecule has 0 aliphatic carbocycles. The Morgan fingerprint density at radius 3 is 2.87 bits per heavy atom. The number of allylic oxidation sites excluding steroid dienone is 1. The molecule has 1 aliphatic heterocycles. The van der Waals surface area contributed by atoms with Crippen LogP contribution in [0.4, 0.5) is 10.2 Å². The third-order valence-electron chi connectivity index (χ3n) is 4.77. The quantitative estimate of drug-likeness (QED) is 0.486. The number of hydrogen-bond donors (Lipinski definition) is 2. The minimum atomic E-state index is -0.593. The predicted molar refractivity (Wildman–Crippen MR) is 115 cm³/mol. The summed E-state index contributed by atoms with van der Waals surface area (Å²) in [6, 6.07) is 7.16. The summed E-state index contributed by atoms with van der Waals surface area (Å²) in [5, 5.41) is 10.3. The lowest BCUT2D eigenvalue weighted by molar-refractivity contribution is -0.113. The number of nitrogens with one attached hydrogen (secondary N) is 2. The number of carbonyl (C=O) groups is 1. The van der Waals surface area contributed by atoms with Crippen molar-refractivity contribution in [1.82, 2.24) is 15.4 Å². The van der Waals surface area contributed by atoms with Crippen molar-refractivity contribution in [1.29, 1.82) is 0 Å². The van der Waals surface area contributed by atoms with Gasteiger partial charge in [-0.05, 0) is 57.1 Å². The number of ether oxygens (including phenoxy) is 1. The molecule has 2 aromatic rings. The number of thiocarbonyl (C=S) groups is 1. The lowest BCUT2D eigenvalue weighted by atomic mass is 9.94. The van der Waals surface area contributed by atoms with E-state index in [-0.39, 0.29) is 11.7 Å². The first-order valence-electron chi connectivity index (χ1n) is 9.77. The zero-order valence-corrected chi connectivity index (χ0v) is 18.0. The molecule has 3 rings (SSSR count). The van der Waals surface area contributed by atoms with Crippen molar-refractivity contribution in [3.8, 4) is 0 Å². The van der Waals surface area contributed by atoms with Gasteiger partial charge in [0.25, 0.3) is 5.91 Å². The molecule has 0 unspecified atom stereocenters. The van der Waals surface area contributed by atoms with E-state index in [2.05, 4.69) is 15.8 Å². The summed E-state index contributed by atoms with van der Waals surface area (Å²) < 4.78 is 24.3. The van der Waals surface area contributed by atoms with Gasteiger partial charge in [-0.3, -0.25) is 4.79 Å². The average Bonchev–Trinajstić information content (AvgIpc) is 3.11.